The van der Waals surface area contributed by atoms with E-state index in [0.717, 1.165) is 11.8 Å². The predicted octanol–water partition coefficient (Wildman–Crippen LogP) is 5.81. The molecule has 0 aliphatic rings. The molecule has 0 heterocycles. The lowest BCUT2D eigenvalue weighted by Gasteiger charge is -2.19. The molecule has 1 aromatic rings. The molecule has 1 rings (SSSR count). The summed E-state index contributed by atoms with van der Waals surface area (Å²) in [6.07, 6.45) is 10.7. The van der Waals surface area contributed by atoms with Gasteiger partial charge in [-0.1, -0.05) is 67.1 Å². The van der Waals surface area contributed by atoms with Crippen LogP contribution in [0.1, 0.15) is 57.4 Å². The zero-order valence-electron chi connectivity index (χ0n) is 13.2. The first kappa shape index (κ1) is 17.6. The van der Waals surface area contributed by atoms with Crippen molar-refractivity contribution in [2.75, 3.05) is 23.8 Å². The van der Waals surface area contributed by atoms with Crippen LogP contribution in [0.2, 0.25) is 0 Å². The van der Waals surface area contributed by atoms with Gasteiger partial charge in [0.05, 0.1) is 0 Å². The second-order valence-electron chi connectivity index (χ2n) is 5.61. The molecule has 0 saturated carbocycles. The second kappa shape index (κ2) is 11.2. The Morgan fingerprint density at radius 3 is 1.95 bits per heavy atom. The molecule has 0 spiro atoms. The van der Waals surface area contributed by atoms with Crippen LogP contribution in [0, 0.1) is 0 Å². The van der Waals surface area contributed by atoms with Gasteiger partial charge in [-0.3, -0.25) is 0 Å². The molecule has 0 amide bonds. The molecular weight excluding hydrogens is 310 g/mol. The summed E-state index contributed by atoms with van der Waals surface area (Å²) in [7, 11) is 2.21. The van der Waals surface area contributed by atoms with E-state index in [-0.39, 0.29) is 0 Å². The van der Waals surface area contributed by atoms with Crippen LogP contribution >= 0.6 is 15.9 Å². The fourth-order valence-corrected chi connectivity index (χ4v) is 2.84. The lowest BCUT2D eigenvalue weighted by molar-refractivity contribution is 0.590. The molecule has 0 unspecified atom stereocenters. The highest BCUT2D eigenvalue weighted by Crippen LogP contribution is 2.15. The van der Waals surface area contributed by atoms with Crippen LogP contribution in [0.3, 0.4) is 0 Å². The predicted molar refractivity (Wildman–Crippen MR) is 95.2 cm³/mol. The van der Waals surface area contributed by atoms with Crippen LogP contribution in [-0.4, -0.2) is 18.9 Å². The Morgan fingerprint density at radius 1 is 0.850 bits per heavy atom. The van der Waals surface area contributed by atoms with Gasteiger partial charge < -0.3 is 4.90 Å². The summed E-state index contributed by atoms with van der Waals surface area (Å²) >= 11 is 3.48. The normalized spacial score (nSPS) is 10.8. The molecule has 114 valence electrons. The summed E-state index contributed by atoms with van der Waals surface area (Å²) in [5.41, 5.74) is 2.77. The van der Waals surface area contributed by atoms with Crippen molar-refractivity contribution in [3.63, 3.8) is 0 Å². The summed E-state index contributed by atoms with van der Waals surface area (Å²) in [6.45, 7) is 3.38. The van der Waals surface area contributed by atoms with Gasteiger partial charge in [-0.15, -0.1) is 0 Å². The second-order valence-corrected chi connectivity index (χ2v) is 6.40. The highest BCUT2D eigenvalue weighted by Gasteiger charge is 2.00. The maximum atomic E-state index is 3.48. The molecule has 1 nitrogen and oxygen atoms in total. The van der Waals surface area contributed by atoms with Gasteiger partial charge >= 0.3 is 0 Å². The first-order valence-electron chi connectivity index (χ1n) is 8.14. The molecule has 0 radical (unpaired) electrons. The highest BCUT2D eigenvalue weighted by atomic mass is 79.9. The Labute approximate surface area is 133 Å². The van der Waals surface area contributed by atoms with Crippen LogP contribution < -0.4 is 4.90 Å². The van der Waals surface area contributed by atoms with E-state index in [0.29, 0.717) is 0 Å². The maximum absolute atomic E-state index is 3.48. The Hall–Kier alpha value is -0.500. The molecule has 0 aliphatic heterocycles. The van der Waals surface area contributed by atoms with Crippen molar-refractivity contribution < 1.29 is 0 Å². The van der Waals surface area contributed by atoms with Gasteiger partial charge in [-0.2, -0.15) is 0 Å². The van der Waals surface area contributed by atoms with Crippen molar-refractivity contribution in [1.29, 1.82) is 0 Å². The van der Waals surface area contributed by atoms with E-state index in [9.17, 15) is 0 Å². The zero-order chi connectivity index (χ0) is 14.6. The first-order chi connectivity index (χ1) is 9.77. The SMILES string of the molecule is CCc1ccc(N(C)CCCCCCCCCBr)cc1. The van der Waals surface area contributed by atoms with Gasteiger partial charge in [0.15, 0.2) is 0 Å². The minimum Gasteiger partial charge on any atom is -0.375 e. The molecule has 0 saturated heterocycles. The van der Waals surface area contributed by atoms with E-state index >= 15 is 0 Å². The lowest BCUT2D eigenvalue weighted by atomic mass is 10.1. The van der Waals surface area contributed by atoms with Gasteiger partial charge in [-0.25, -0.2) is 0 Å². The van der Waals surface area contributed by atoms with Crippen LogP contribution in [0.15, 0.2) is 24.3 Å². The number of aryl methyl sites for hydroxylation is 1. The number of rotatable bonds is 11. The number of benzene rings is 1. The lowest BCUT2D eigenvalue weighted by Crippen LogP contribution is -2.18. The minimum atomic E-state index is 1.12. The van der Waals surface area contributed by atoms with Crippen molar-refractivity contribution in [2.45, 2.75) is 58.3 Å². The average Bonchev–Trinajstić information content (AvgIpc) is 2.50. The summed E-state index contributed by atoms with van der Waals surface area (Å²) in [5.74, 6) is 0. The molecule has 2 heteroatoms. The molecule has 0 aromatic heterocycles. The average molecular weight is 340 g/mol. The van der Waals surface area contributed by atoms with Gasteiger partial charge in [-0.05, 0) is 37.0 Å². The van der Waals surface area contributed by atoms with Gasteiger partial charge in [0.2, 0.25) is 0 Å². The van der Waals surface area contributed by atoms with Crippen LogP contribution in [0.25, 0.3) is 0 Å². The third-order valence-corrected chi connectivity index (χ3v) is 4.47. The van der Waals surface area contributed by atoms with E-state index in [2.05, 4.69) is 59.1 Å². The summed E-state index contributed by atoms with van der Waals surface area (Å²) in [6, 6.07) is 8.99. The number of halogens is 1. The molecule has 1 aromatic carbocycles. The summed E-state index contributed by atoms with van der Waals surface area (Å²) in [5, 5.41) is 1.16. The van der Waals surface area contributed by atoms with Crippen molar-refractivity contribution in [3.05, 3.63) is 29.8 Å². The van der Waals surface area contributed by atoms with E-state index in [4.69, 9.17) is 0 Å². The Morgan fingerprint density at radius 2 is 1.40 bits per heavy atom. The summed E-state index contributed by atoms with van der Waals surface area (Å²) in [4.78, 5) is 2.38. The Bertz CT molecular complexity index is 334. The maximum Gasteiger partial charge on any atom is 0.0363 e. The standard InChI is InChI=1S/C18H30BrN/c1-3-17-11-13-18(14-12-17)20(2)16-10-8-6-4-5-7-9-15-19/h11-14H,3-10,15-16H2,1-2H3. The molecule has 0 bridgehead atoms. The molecule has 0 N–H and O–H groups in total. The minimum absolute atomic E-state index is 1.12. The number of alkyl halides is 1. The first-order valence-corrected chi connectivity index (χ1v) is 9.26. The van der Waals surface area contributed by atoms with E-state index < -0.39 is 0 Å². The van der Waals surface area contributed by atoms with E-state index in [1.165, 1.54) is 62.7 Å². The summed E-state index contributed by atoms with van der Waals surface area (Å²) < 4.78 is 0. The molecule has 0 aliphatic carbocycles. The largest absolute Gasteiger partial charge is 0.375 e. The quantitative estimate of drug-likeness (QED) is 0.363. The zero-order valence-corrected chi connectivity index (χ0v) is 14.8. The van der Waals surface area contributed by atoms with Gasteiger partial charge in [0.25, 0.3) is 0 Å². The number of anilines is 1. The number of unbranched alkanes of at least 4 members (excludes halogenated alkanes) is 6. The smallest absolute Gasteiger partial charge is 0.0363 e. The third-order valence-electron chi connectivity index (χ3n) is 3.91. The number of nitrogens with zero attached hydrogens (tertiary/aromatic N) is 1. The van der Waals surface area contributed by atoms with Crippen molar-refractivity contribution in [3.8, 4) is 0 Å². The fraction of sp³-hybridized carbons (Fsp3) is 0.667. The number of hydrogen-bond donors (Lipinski definition) is 0. The van der Waals surface area contributed by atoms with E-state index in [1.807, 2.05) is 0 Å². The molecule has 0 atom stereocenters. The number of hydrogen-bond acceptors (Lipinski definition) is 1. The van der Waals surface area contributed by atoms with Crippen molar-refractivity contribution in [1.82, 2.24) is 0 Å². The topological polar surface area (TPSA) is 3.24 Å². The van der Waals surface area contributed by atoms with E-state index in [1.54, 1.807) is 0 Å². The molecule has 20 heavy (non-hydrogen) atoms. The van der Waals surface area contributed by atoms with Gasteiger partial charge in [0, 0.05) is 24.6 Å². The van der Waals surface area contributed by atoms with Crippen LogP contribution in [0.4, 0.5) is 5.69 Å². The van der Waals surface area contributed by atoms with Crippen LogP contribution in [0.5, 0.6) is 0 Å². The van der Waals surface area contributed by atoms with Crippen LogP contribution in [-0.2, 0) is 6.42 Å². The molecular formula is C18H30BrN. The monoisotopic (exact) mass is 339 g/mol. The Kier molecular flexibility index (Phi) is 9.82. The van der Waals surface area contributed by atoms with Crippen molar-refractivity contribution in [2.24, 2.45) is 0 Å². The highest BCUT2D eigenvalue weighted by molar-refractivity contribution is 9.09. The third kappa shape index (κ3) is 7.33. The Balaban J connectivity index is 2.08. The van der Waals surface area contributed by atoms with Gasteiger partial charge in [0.1, 0.15) is 0 Å². The molecule has 0 fully saturated rings. The van der Waals surface area contributed by atoms with Crippen molar-refractivity contribution >= 4 is 21.6 Å². The fourth-order valence-electron chi connectivity index (χ4n) is 2.44.